The number of aliphatic imine (C=N–C) groups is 1. The molecule has 3 saturated carbocycles. The molecule has 6 atom stereocenters. The molecule has 4 aliphatic rings. The molecule has 0 aromatic carbocycles. The smallest absolute Gasteiger partial charge is 0.306 e. The summed E-state index contributed by atoms with van der Waals surface area (Å²) in [5.41, 5.74) is 3.06. The SMILES string of the molecule is CCC(=O)O[C@](C)(I)C1(C)CCC2C3CCC(=NC)C=C3CCC2C1C1CC1. The van der Waals surface area contributed by atoms with Gasteiger partial charge in [-0.3, -0.25) is 9.79 Å². The first-order valence-corrected chi connectivity index (χ1v) is 12.5. The normalized spacial score (nSPS) is 41.5. The maximum absolute atomic E-state index is 12.2. The molecule has 0 radical (unpaired) electrons. The van der Waals surface area contributed by atoms with Gasteiger partial charge in [0.25, 0.3) is 0 Å². The van der Waals surface area contributed by atoms with Gasteiger partial charge in [0.1, 0.15) is 0 Å². The van der Waals surface area contributed by atoms with E-state index in [1.165, 1.54) is 50.7 Å². The average molecular weight is 497 g/mol. The van der Waals surface area contributed by atoms with Crippen molar-refractivity contribution >= 4 is 34.3 Å². The number of halogens is 1. The number of rotatable bonds is 4. The van der Waals surface area contributed by atoms with Gasteiger partial charge in [0, 0.05) is 24.6 Å². The molecule has 0 amide bonds. The molecule has 0 aromatic rings. The second-order valence-corrected chi connectivity index (χ2v) is 12.1. The lowest BCUT2D eigenvalue weighted by Gasteiger charge is -2.58. The predicted molar refractivity (Wildman–Crippen MR) is 123 cm³/mol. The van der Waals surface area contributed by atoms with Gasteiger partial charge >= 0.3 is 5.97 Å². The number of hydrogen-bond donors (Lipinski definition) is 0. The lowest BCUT2D eigenvalue weighted by atomic mass is 9.49. The van der Waals surface area contributed by atoms with E-state index in [-0.39, 0.29) is 11.4 Å². The summed E-state index contributed by atoms with van der Waals surface area (Å²) in [5, 5.41) is 0. The van der Waals surface area contributed by atoms with Crippen molar-refractivity contribution in [3.63, 3.8) is 0 Å². The summed E-state index contributed by atoms with van der Waals surface area (Å²) >= 11 is 2.46. The standard InChI is InChI=1S/C24H36INO2/c1-5-21(27)28-24(3,25)23(2)13-12-19-18-11-9-17(26-4)14-16(18)8-10-20(19)22(23)15-6-7-15/h14-15,18-20,22H,5-13H2,1-4H3/t18?,19?,20?,22?,23?,24-/m0/s1. The van der Waals surface area contributed by atoms with Crippen LogP contribution in [0.1, 0.15) is 78.6 Å². The predicted octanol–water partition coefficient (Wildman–Crippen LogP) is 6.35. The quantitative estimate of drug-likeness (QED) is 0.258. The monoisotopic (exact) mass is 497 g/mol. The van der Waals surface area contributed by atoms with E-state index in [0.717, 1.165) is 30.1 Å². The molecule has 0 spiro atoms. The van der Waals surface area contributed by atoms with E-state index in [0.29, 0.717) is 12.3 Å². The van der Waals surface area contributed by atoms with Crippen LogP contribution in [-0.4, -0.2) is 22.3 Å². The molecule has 0 aromatic heterocycles. The van der Waals surface area contributed by atoms with E-state index < -0.39 is 3.61 Å². The molecule has 0 bridgehead atoms. The number of alkyl halides is 1. The maximum atomic E-state index is 12.2. The fourth-order valence-corrected chi connectivity index (χ4v) is 7.74. The van der Waals surface area contributed by atoms with Gasteiger partial charge in [-0.1, -0.05) is 19.4 Å². The van der Waals surface area contributed by atoms with Crippen molar-refractivity contribution in [2.75, 3.05) is 7.05 Å². The molecule has 4 aliphatic carbocycles. The minimum absolute atomic E-state index is 0.0534. The van der Waals surface area contributed by atoms with Crippen LogP contribution >= 0.6 is 22.6 Å². The molecule has 0 saturated heterocycles. The molecule has 5 unspecified atom stereocenters. The second kappa shape index (κ2) is 7.70. The molecule has 0 aliphatic heterocycles. The average Bonchev–Trinajstić information content (AvgIpc) is 3.51. The van der Waals surface area contributed by atoms with Crippen LogP contribution in [0.3, 0.4) is 0 Å². The number of carbonyl (C=O) groups excluding carboxylic acids is 1. The van der Waals surface area contributed by atoms with Crippen LogP contribution in [0.15, 0.2) is 16.6 Å². The fourth-order valence-electron chi connectivity index (χ4n) is 6.87. The largest absolute Gasteiger partial charge is 0.448 e. The minimum atomic E-state index is -0.416. The summed E-state index contributed by atoms with van der Waals surface area (Å²) in [6.07, 6.45) is 13.1. The van der Waals surface area contributed by atoms with Crippen LogP contribution in [-0.2, 0) is 9.53 Å². The summed E-state index contributed by atoms with van der Waals surface area (Å²) in [7, 11) is 1.94. The molecular weight excluding hydrogens is 461 g/mol. The third-order valence-electron chi connectivity index (χ3n) is 8.60. The summed E-state index contributed by atoms with van der Waals surface area (Å²) in [6.45, 7) is 6.52. The minimum Gasteiger partial charge on any atom is -0.448 e. The zero-order valence-corrected chi connectivity index (χ0v) is 20.1. The molecule has 4 rings (SSSR count). The third kappa shape index (κ3) is 3.50. The first-order valence-electron chi connectivity index (χ1n) is 11.4. The molecule has 28 heavy (non-hydrogen) atoms. The third-order valence-corrected chi connectivity index (χ3v) is 10.1. The highest BCUT2D eigenvalue weighted by Gasteiger charge is 2.61. The Balaban J connectivity index is 1.63. The van der Waals surface area contributed by atoms with Crippen LogP contribution in [0.2, 0.25) is 0 Å². The molecule has 3 nitrogen and oxygen atoms in total. The van der Waals surface area contributed by atoms with Crippen LogP contribution in [0.4, 0.5) is 0 Å². The first kappa shape index (κ1) is 20.9. The summed E-state index contributed by atoms with van der Waals surface area (Å²) in [4.78, 5) is 16.7. The Kier molecular flexibility index (Phi) is 5.74. The Bertz CT molecular complexity index is 693. The summed E-state index contributed by atoms with van der Waals surface area (Å²) in [6, 6.07) is 0. The highest BCUT2D eigenvalue weighted by molar-refractivity contribution is 14.1. The number of esters is 1. The van der Waals surface area contributed by atoms with Gasteiger partial charge < -0.3 is 4.74 Å². The van der Waals surface area contributed by atoms with Gasteiger partial charge in [-0.15, -0.1) is 0 Å². The van der Waals surface area contributed by atoms with Crippen LogP contribution in [0.25, 0.3) is 0 Å². The van der Waals surface area contributed by atoms with Crippen molar-refractivity contribution < 1.29 is 9.53 Å². The molecule has 0 heterocycles. The van der Waals surface area contributed by atoms with E-state index >= 15 is 0 Å². The number of fused-ring (bicyclic) bond motifs is 3. The van der Waals surface area contributed by atoms with Crippen molar-refractivity contribution in [3.05, 3.63) is 11.6 Å². The van der Waals surface area contributed by atoms with Crippen molar-refractivity contribution in [1.82, 2.24) is 0 Å². The van der Waals surface area contributed by atoms with Gasteiger partial charge in [-0.2, -0.15) is 0 Å². The number of nitrogens with zero attached hydrogens (tertiary/aromatic N) is 1. The Morgan fingerprint density at radius 1 is 1.25 bits per heavy atom. The van der Waals surface area contributed by atoms with Gasteiger partial charge in [0.2, 0.25) is 0 Å². The molecule has 156 valence electrons. The Labute approximate surface area is 184 Å². The van der Waals surface area contributed by atoms with E-state index in [2.05, 4.69) is 47.5 Å². The zero-order valence-electron chi connectivity index (χ0n) is 18.0. The van der Waals surface area contributed by atoms with E-state index in [9.17, 15) is 4.79 Å². The topological polar surface area (TPSA) is 38.7 Å². The highest BCUT2D eigenvalue weighted by atomic mass is 127. The van der Waals surface area contributed by atoms with Crippen molar-refractivity contribution in [2.45, 2.75) is 82.2 Å². The van der Waals surface area contributed by atoms with Crippen LogP contribution < -0.4 is 0 Å². The summed E-state index contributed by atoms with van der Waals surface area (Å²) in [5.74, 6) is 3.87. The van der Waals surface area contributed by atoms with Crippen molar-refractivity contribution in [2.24, 2.45) is 40.0 Å². The van der Waals surface area contributed by atoms with E-state index in [4.69, 9.17) is 4.74 Å². The number of carbonyl (C=O) groups is 1. The van der Waals surface area contributed by atoms with Crippen LogP contribution in [0.5, 0.6) is 0 Å². The summed E-state index contributed by atoms with van der Waals surface area (Å²) < 4.78 is 5.66. The second-order valence-electron chi connectivity index (χ2n) is 10.0. The lowest BCUT2D eigenvalue weighted by Crippen LogP contribution is -2.56. The maximum Gasteiger partial charge on any atom is 0.306 e. The highest BCUT2D eigenvalue weighted by Crippen LogP contribution is 2.66. The molecule has 3 fully saturated rings. The van der Waals surface area contributed by atoms with Crippen molar-refractivity contribution in [1.29, 1.82) is 0 Å². The van der Waals surface area contributed by atoms with Crippen LogP contribution in [0, 0.1) is 35.0 Å². The first-order chi connectivity index (χ1) is 13.3. The van der Waals surface area contributed by atoms with Gasteiger partial charge in [0.05, 0.1) is 0 Å². The number of ether oxygens (including phenoxy) is 1. The number of hydrogen-bond acceptors (Lipinski definition) is 3. The van der Waals surface area contributed by atoms with E-state index in [1.54, 1.807) is 5.57 Å². The van der Waals surface area contributed by atoms with Crippen molar-refractivity contribution in [3.8, 4) is 0 Å². The number of allylic oxidation sites excluding steroid dienone is 2. The van der Waals surface area contributed by atoms with E-state index in [1.807, 2.05) is 14.0 Å². The Morgan fingerprint density at radius 3 is 2.64 bits per heavy atom. The van der Waals surface area contributed by atoms with Gasteiger partial charge in [-0.05, 0) is 117 Å². The Morgan fingerprint density at radius 2 is 2.00 bits per heavy atom. The zero-order chi connectivity index (χ0) is 20.1. The molecule has 4 heteroatoms. The van der Waals surface area contributed by atoms with Gasteiger partial charge in [-0.25, -0.2) is 0 Å². The Hall–Kier alpha value is -0.390. The lowest BCUT2D eigenvalue weighted by molar-refractivity contribution is -0.168. The molecular formula is C24H36INO2. The fraction of sp³-hybridized carbons (Fsp3) is 0.833. The van der Waals surface area contributed by atoms with Gasteiger partial charge in [0.15, 0.2) is 3.61 Å². The molecule has 0 N–H and O–H groups in total.